The second kappa shape index (κ2) is 9.39. The van der Waals surface area contributed by atoms with E-state index in [2.05, 4.69) is 58.2 Å². The zero-order valence-corrected chi connectivity index (χ0v) is 18.4. The molecule has 1 atom stereocenters. The van der Waals surface area contributed by atoms with E-state index in [4.69, 9.17) is 20.4 Å². The Morgan fingerprint density at radius 3 is 2.61 bits per heavy atom. The molecule has 1 unspecified atom stereocenters. The number of aromatic nitrogens is 2. The van der Waals surface area contributed by atoms with Crippen LogP contribution in [0.3, 0.4) is 0 Å². The van der Waals surface area contributed by atoms with Crippen LogP contribution in [-0.2, 0) is 6.42 Å². The molecule has 4 rings (SSSR count). The predicted octanol–water partition coefficient (Wildman–Crippen LogP) is 4.44. The molecular weight excluding hydrogens is 463 g/mol. The quantitative estimate of drug-likeness (QED) is 0.461. The SMILES string of the molecule is NC1CCC(Oc2nc(NCCI)nc3c2CCCC3c2ccccc2)CC1. The first kappa shape index (κ1) is 19.9. The minimum absolute atomic E-state index is 0.216. The van der Waals surface area contributed by atoms with Crippen LogP contribution in [0.1, 0.15) is 61.3 Å². The summed E-state index contributed by atoms with van der Waals surface area (Å²) in [6.07, 6.45) is 7.56. The zero-order valence-electron chi connectivity index (χ0n) is 16.2. The number of fused-ring (bicyclic) bond motifs is 1. The fraction of sp³-hybridized carbons (Fsp3) is 0.545. The summed E-state index contributed by atoms with van der Waals surface area (Å²) in [6.45, 7) is 0.854. The van der Waals surface area contributed by atoms with E-state index in [0.29, 0.717) is 17.9 Å². The Morgan fingerprint density at radius 2 is 1.86 bits per heavy atom. The third-order valence-corrected chi connectivity index (χ3v) is 6.37. The molecule has 0 amide bonds. The smallest absolute Gasteiger partial charge is 0.226 e. The van der Waals surface area contributed by atoms with Crippen LogP contribution in [0.25, 0.3) is 0 Å². The van der Waals surface area contributed by atoms with E-state index >= 15 is 0 Å². The lowest BCUT2D eigenvalue weighted by atomic mass is 9.82. The van der Waals surface area contributed by atoms with Crippen LogP contribution in [0, 0.1) is 0 Å². The lowest BCUT2D eigenvalue weighted by Crippen LogP contribution is -2.32. The highest BCUT2D eigenvalue weighted by molar-refractivity contribution is 14.1. The maximum atomic E-state index is 6.46. The Labute approximate surface area is 181 Å². The number of benzene rings is 1. The largest absolute Gasteiger partial charge is 0.474 e. The van der Waals surface area contributed by atoms with Crippen LogP contribution in [-0.4, -0.2) is 33.1 Å². The number of halogens is 1. The highest BCUT2D eigenvalue weighted by Gasteiger charge is 2.29. The standard InChI is InChI=1S/C22H29IN4O/c23-13-14-25-22-26-20-18(15-5-2-1-3-6-15)7-4-8-19(20)21(27-22)28-17-11-9-16(24)10-12-17/h1-3,5-6,16-18H,4,7-14,24H2,(H,25,26,27). The number of ether oxygens (including phenoxy) is 1. The maximum Gasteiger partial charge on any atom is 0.226 e. The van der Waals surface area contributed by atoms with Crippen LogP contribution in [0.4, 0.5) is 5.95 Å². The molecule has 3 N–H and O–H groups in total. The van der Waals surface area contributed by atoms with Gasteiger partial charge in [0.1, 0.15) is 6.10 Å². The van der Waals surface area contributed by atoms with Crippen molar-refractivity contribution in [3.8, 4) is 5.88 Å². The molecule has 1 aromatic heterocycles. The monoisotopic (exact) mass is 492 g/mol. The second-order valence-corrected chi connectivity index (χ2v) is 8.92. The zero-order chi connectivity index (χ0) is 19.3. The highest BCUT2D eigenvalue weighted by atomic mass is 127. The summed E-state index contributed by atoms with van der Waals surface area (Å²) in [5.41, 5.74) is 9.75. The molecule has 0 radical (unpaired) electrons. The number of hydrogen-bond acceptors (Lipinski definition) is 5. The van der Waals surface area contributed by atoms with E-state index in [1.165, 1.54) is 11.1 Å². The molecule has 1 aromatic carbocycles. The van der Waals surface area contributed by atoms with E-state index in [0.717, 1.165) is 67.5 Å². The average Bonchev–Trinajstić information content (AvgIpc) is 2.74. The van der Waals surface area contributed by atoms with Gasteiger partial charge < -0.3 is 15.8 Å². The van der Waals surface area contributed by atoms with E-state index < -0.39 is 0 Å². The fourth-order valence-electron chi connectivity index (χ4n) is 4.33. The molecule has 0 saturated heterocycles. The third-order valence-electron chi connectivity index (χ3n) is 5.83. The first-order valence-corrected chi connectivity index (χ1v) is 11.9. The van der Waals surface area contributed by atoms with Gasteiger partial charge in [0.15, 0.2) is 0 Å². The van der Waals surface area contributed by atoms with E-state index in [-0.39, 0.29) is 6.10 Å². The molecule has 2 aliphatic carbocycles. The molecule has 1 heterocycles. The summed E-state index contributed by atoms with van der Waals surface area (Å²) < 4.78 is 7.47. The number of nitrogens with zero attached hydrogens (tertiary/aromatic N) is 2. The molecular formula is C22H29IN4O. The van der Waals surface area contributed by atoms with Crippen molar-refractivity contribution in [2.45, 2.75) is 63.0 Å². The number of hydrogen-bond donors (Lipinski definition) is 2. The topological polar surface area (TPSA) is 73.1 Å². The lowest BCUT2D eigenvalue weighted by Gasteiger charge is -2.30. The van der Waals surface area contributed by atoms with Crippen LogP contribution < -0.4 is 15.8 Å². The number of nitrogens with two attached hydrogens (primary N) is 1. The van der Waals surface area contributed by atoms with E-state index in [1.807, 2.05) is 0 Å². The Morgan fingerprint density at radius 1 is 1.07 bits per heavy atom. The van der Waals surface area contributed by atoms with Crippen molar-refractivity contribution in [3.63, 3.8) is 0 Å². The van der Waals surface area contributed by atoms with Gasteiger partial charge in [0.05, 0.1) is 5.69 Å². The summed E-state index contributed by atoms with van der Waals surface area (Å²) in [5.74, 6) is 1.80. The van der Waals surface area contributed by atoms with Crippen molar-refractivity contribution in [3.05, 3.63) is 47.2 Å². The van der Waals surface area contributed by atoms with Gasteiger partial charge in [-0.15, -0.1) is 0 Å². The van der Waals surface area contributed by atoms with E-state index in [1.54, 1.807) is 0 Å². The molecule has 28 heavy (non-hydrogen) atoms. The summed E-state index contributed by atoms with van der Waals surface area (Å²) >= 11 is 2.36. The lowest BCUT2D eigenvalue weighted by molar-refractivity contribution is 0.139. The summed E-state index contributed by atoms with van der Waals surface area (Å²) in [5, 5.41) is 3.37. The Hall–Kier alpha value is -1.41. The summed E-state index contributed by atoms with van der Waals surface area (Å²) in [7, 11) is 0. The molecule has 2 aromatic rings. The molecule has 6 heteroatoms. The first-order valence-electron chi connectivity index (χ1n) is 10.4. The molecule has 1 fully saturated rings. The van der Waals surface area contributed by atoms with Crippen molar-refractivity contribution in [2.75, 3.05) is 16.3 Å². The van der Waals surface area contributed by atoms with Crippen molar-refractivity contribution in [1.29, 1.82) is 0 Å². The van der Waals surface area contributed by atoms with Gasteiger partial charge in [-0.3, -0.25) is 0 Å². The van der Waals surface area contributed by atoms with Crippen LogP contribution in [0.5, 0.6) is 5.88 Å². The maximum absolute atomic E-state index is 6.46. The van der Waals surface area contributed by atoms with Gasteiger partial charge in [0.25, 0.3) is 0 Å². The van der Waals surface area contributed by atoms with Crippen molar-refractivity contribution < 1.29 is 4.74 Å². The Bertz CT molecular complexity index is 778. The van der Waals surface area contributed by atoms with Gasteiger partial charge >= 0.3 is 0 Å². The van der Waals surface area contributed by atoms with Gasteiger partial charge in [-0.05, 0) is 50.5 Å². The number of nitrogens with one attached hydrogen (secondary N) is 1. The molecule has 5 nitrogen and oxygen atoms in total. The van der Waals surface area contributed by atoms with Crippen LogP contribution in [0.15, 0.2) is 30.3 Å². The Kier molecular flexibility index (Phi) is 6.67. The number of rotatable bonds is 6. The molecule has 150 valence electrons. The Balaban J connectivity index is 1.67. The normalized spacial score (nSPS) is 24.4. The number of alkyl halides is 1. The highest BCUT2D eigenvalue weighted by Crippen LogP contribution is 2.40. The van der Waals surface area contributed by atoms with Crippen LogP contribution >= 0.6 is 22.6 Å². The van der Waals surface area contributed by atoms with E-state index in [9.17, 15) is 0 Å². The van der Waals surface area contributed by atoms with Crippen molar-refractivity contribution in [2.24, 2.45) is 5.73 Å². The molecule has 0 aliphatic heterocycles. The summed E-state index contributed by atoms with van der Waals surface area (Å²) in [4.78, 5) is 9.73. The predicted molar refractivity (Wildman–Crippen MR) is 121 cm³/mol. The molecule has 2 aliphatic rings. The molecule has 0 bridgehead atoms. The minimum atomic E-state index is 0.216. The van der Waals surface area contributed by atoms with Gasteiger partial charge in [-0.2, -0.15) is 4.98 Å². The minimum Gasteiger partial charge on any atom is -0.474 e. The average molecular weight is 492 g/mol. The first-order chi connectivity index (χ1) is 13.7. The second-order valence-electron chi connectivity index (χ2n) is 7.84. The third kappa shape index (κ3) is 4.59. The number of anilines is 1. The van der Waals surface area contributed by atoms with Gasteiger partial charge in [0, 0.05) is 28.5 Å². The molecule has 0 spiro atoms. The van der Waals surface area contributed by atoms with Gasteiger partial charge in [-0.25, -0.2) is 4.98 Å². The fourth-order valence-corrected chi connectivity index (χ4v) is 4.60. The van der Waals surface area contributed by atoms with Crippen molar-refractivity contribution in [1.82, 2.24) is 9.97 Å². The van der Waals surface area contributed by atoms with Gasteiger partial charge in [-0.1, -0.05) is 52.9 Å². The molecule has 1 saturated carbocycles. The van der Waals surface area contributed by atoms with Crippen LogP contribution in [0.2, 0.25) is 0 Å². The van der Waals surface area contributed by atoms with Gasteiger partial charge in [0.2, 0.25) is 11.8 Å². The van der Waals surface area contributed by atoms with Crippen molar-refractivity contribution >= 4 is 28.5 Å². The summed E-state index contributed by atoms with van der Waals surface area (Å²) in [6, 6.07) is 11.0.